The Bertz CT molecular complexity index is 1240. The summed E-state index contributed by atoms with van der Waals surface area (Å²) in [7, 11) is 1.63. The lowest BCUT2D eigenvalue weighted by molar-refractivity contribution is -0.146. The van der Waals surface area contributed by atoms with Crippen LogP contribution in [0.4, 0.5) is 13.2 Å². The second kappa shape index (κ2) is 12.9. The van der Waals surface area contributed by atoms with Crippen LogP contribution in [0.3, 0.4) is 0 Å². The summed E-state index contributed by atoms with van der Waals surface area (Å²) in [5.41, 5.74) is 4.46. The van der Waals surface area contributed by atoms with Crippen molar-refractivity contribution in [2.75, 3.05) is 33.3 Å². The Kier molecular flexibility index (Phi) is 9.87. The summed E-state index contributed by atoms with van der Waals surface area (Å²) in [5.74, 6) is 5.73. The number of fused-ring (bicyclic) bond motifs is 1. The Morgan fingerprint density at radius 1 is 1.18 bits per heavy atom. The van der Waals surface area contributed by atoms with Crippen LogP contribution in [-0.4, -0.2) is 60.1 Å². The lowest BCUT2D eigenvalue weighted by Gasteiger charge is -2.33. The lowest BCUT2D eigenvalue weighted by Crippen LogP contribution is -2.39. The molecule has 1 atom stereocenters. The number of H-pyrrole nitrogens is 1. The largest absolute Gasteiger partial charge is 0.496 e. The molecule has 38 heavy (non-hydrogen) atoms. The lowest BCUT2D eigenvalue weighted by atomic mass is 10.00. The average molecular weight is 532 g/mol. The predicted octanol–water partition coefficient (Wildman–Crippen LogP) is 5.97. The highest BCUT2D eigenvalue weighted by atomic mass is 19.4. The first kappa shape index (κ1) is 29.1. The molecule has 0 aliphatic carbocycles. The van der Waals surface area contributed by atoms with E-state index in [9.17, 15) is 13.2 Å². The third kappa shape index (κ3) is 6.90. The highest BCUT2D eigenvalue weighted by molar-refractivity contribution is 5.96. The SMILES string of the molecule is CC.COc1cc(C)c2[nH]ccc2c1CN1CCCN(CC(F)(F)F)CC1c1ccc(C(=N)N=NN)cc1. The van der Waals surface area contributed by atoms with Crippen LogP contribution in [-0.2, 0) is 6.54 Å². The third-order valence-corrected chi connectivity index (χ3v) is 6.61. The average Bonchev–Trinajstić information content (AvgIpc) is 3.31. The van der Waals surface area contributed by atoms with E-state index in [4.69, 9.17) is 16.0 Å². The van der Waals surface area contributed by atoms with E-state index < -0.39 is 12.7 Å². The second-order valence-corrected chi connectivity index (χ2v) is 9.02. The molecular weight excluding hydrogens is 495 g/mol. The van der Waals surface area contributed by atoms with Crippen molar-refractivity contribution in [3.63, 3.8) is 0 Å². The van der Waals surface area contributed by atoms with Crippen LogP contribution in [0.2, 0.25) is 0 Å². The topological polar surface area (TPSA) is 106 Å². The van der Waals surface area contributed by atoms with Gasteiger partial charge in [-0.15, -0.1) is 5.11 Å². The zero-order valence-electron chi connectivity index (χ0n) is 22.3. The fraction of sp³-hybridized carbons (Fsp3) is 0.444. The van der Waals surface area contributed by atoms with E-state index in [2.05, 4.69) is 20.2 Å². The number of aryl methyl sites for hydroxylation is 1. The Morgan fingerprint density at radius 3 is 2.53 bits per heavy atom. The molecule has 1 aliphatic rings. The molecule has 1 aliphatic heterocycles. The number of benzene rings is 2. The number of alkyl halides is 3. The molecule has 1 aromatic heterocycles. The summed E-state index contributed by atoms with van der Waals surface area (Å²) in [6.07, 6.45) is -1.78. The number of nitrogens with one attached hydrogen (secondary N) is 2. The smallest absolute Gasteiger partial charge is 0.401 e. The minimum atomic E-state index is -4.27. The third-order valence-electron chi connectivity index (χ3n) is 6.61. The van der Waals surface area contributed by atoms with E-state index >= 15 is 0 Å². The molecule has 3 aromatic rings. The molecule has 4 N–H and O–H groups in total. The first-order chi connectivity index (χ1) is 18.2. The van der Waals surface area contributed by atoms with Gasteiger partial charge in [0.25, 0.3) is 0 Å². The van der Waals surface area contributed by atoms with Gasteiger partial charge in [0.15, 0.2) is 5.84 Å². The molecule has 4 rings (SSSR count). The van der Waals surface area contributed by atoms with Gasteiger partial charge in [0, 0.05) is 53.9 Å². The number of nitrogens with zero attached hydrogens (tertiary/aromatic N) is 4. The monoisotopic (exact) mass is 531 g/mol. The zero-order chi connectivity index (χ0) is 27.9. The molecule has 2 aromatic carbocycles. The highest BCUT2D eigenvalue weighted by Gasteiger charge is 2.35. The van der Waals surface area contributed by atoms with E-state index in [1.165, 1.54) is 4.90 Å². The normalized spacial score (nSPS) is 17.3. The van der Waals surface area contributed by atoms with Crippen molar-refractivity contribution >= 4 is 16.7 Å². The number of hydrogen-bond acceptors (Lipinski definition) is 5. The molecule has 1 fully saturated rings. The summed E-state index contributed by atoms with van der Waals surface area (Å²) in [6, 6.07) is 10.8. The van der Waals surface area contributed by atoms with Crippen molar-refractivity contribution < 1.29 is 17.9 Å². The number of amidine groups is 1. The van der Waals surface area contributed by atoms with Crippen molar-refractivity contribution in [2.45, 2.75) is 46.0 Å². The van der Waals surface area contributed by atoms with Gasteiger partial charge in [0.2, 0.25) is 0 Å². The van der Waals surface area contributed by atoms with Gasteiger partial charge in [0.05, 0.1) is 13.7 Å². The fourth-order valence-corrected chi connectivity index (χ4v) is 4.97. The molecule has 2 heterocycles. The number of rotatable bonds is 6. The van der Waals surface area contributed by atoms with Crippen LogP contribution in [0.5, 0.6) is 5.75 Å². The first-order valence-electron chi connectivity index (χ1n) is 12.7. The van der Waals surface area contributed by atoms with E-state index in [0.29, 0.717) is 31.6 Å². The van der Waals surface area contributed by atoms with Crippen molar-refractivity contribution in [2.24, 2.45) is 16.2 Å². The molecule has 8 nitrogen and oxygen atoms in total. The van der Waals surface area contributed by atoms with Gasteiger partial charge in [-0.3, -0.25) is 15.2 Å². The van der Waals surface area contributed by atoms with Gasteiger partial charge >= 0.3 is 6.18 Å². The van der Waals surface area contributed by atoms with Crippen LogP contribution < -0.4 is 10.6 Å². The maximum Gasteiger partial charge on any atom is 0.401 e. The van der Waals surface area contributed by atoms with Gasteiger partial charge in [0.1, 0.15) is 5.75 Å². The summed E-state index contributed by atoms with van der Waals surface area (Å²) in [5, 5.41) is 15.7. The summed E-state index contributed by atoms with van der Waals surface area (Å²) in [4.78, 5) is 6.97. The van der Waals surface area contributed by atoms with Gasteiger partial charge in [-0.25, -0.2) is 0 Å². The Hall–Kier alpha value is -3.44. The second-order valence-electron chi connectivity index (χ2n) is 9.02. The molecule has 0 amide bonds. The maximum atomic E-state index is 13.3. The van der Waals surface area contributed by atoms with Crippen LogP contribution in [0.15, 0.2) is 52.9 Å². The molecule has 206 valence electrons. The van der Waals surface area contributed by atoms with Crippen molar-refractivity contribution in [1.29, 1.82) is 5.41 Å². The summed E-state index contributed by atoms with van der Waals surface area (Å²) < 4.78 is 45.6. The summed E-state index contributed by atoms with van der Waals surface area (Å²) in [6.45, 7) is 6.79. The quantitative estimate of drug-likeness (QED) is 0.120. The fourth-order valence-electron chi connectivity index (χ4n) is 4.97. The van der Waals surface area contributed by atoms with Crippen LogP contribution in [0, 0.1) is 12.3 Å². The minimum Gasteiger partial charge on any atom is -0.496 e. The van der Waals surface area contributed by atoms with Crippen molar-refractivity contribution in [3.8, 4) is 5.75 Å². The van der Waals surface area contributed by atoms with E-state index in [0.717, 1.165) is 33.3 Å². The molecule has 0 saturated carbocycles. The van der Waals surface area contributed by atoms with Gasteiger partial charge in [-0.2, -0.15) is 13.2 Å². The number of ether oxygens (including phenoxy) is 1. The number of halogens is 3. The maximum absolute atomic E-state index is 13.3. The Labute approximate surface area is 221 Å². The van der Waals surface area contributed by atoms with Gasteiger partial charge in [-0.1, -0.05) is 43.3 Å². The predicted molar refractivity (Wildman–Crippen MR) is 144 cm³/mol. The molecule has 0 radical (unpaired) electrons. The van der Waals surface area contributed by atoms with E-state index in [1.807, 2.05) is 51.2 Å². The minimum absolute atomic E-state index is 0.0836. The number of aromatic amines is 1. The first-order valence-corrected chi connectivity index (χ1v) is 12.7. The molecule has 0 bridgehead atoms. The number of nitrogens with two attached hydrogens (primary N) is 1. The van der Waals surface area contributed by atoms with Crippen molar-refractivity contribution in [3.05, 3.63) is 64.8 Å². The molecule has 1 saturated heterocycles. The Balaban J connectivity index is 0.00000195. The summed E-state index contributed by atoms with van der Waals surface area (Å²) >= 11 is 0. The Morgan fingerprint density at radius 2 is 1.89 bits per heavy atom. The number of aromatic nitrogens is 1. The molecule has 0 spiro atoms. The van der Waals surface area contributed by atoms with E-state index in [-0.39, 0.29) is 18.4 Å². The van der Waals surface area contributed by atoms with Gasteiger partial charge < -0.3 is 15.6 Å². The van der Waals surface area contributed by atoms with Crippen LogP contribution >= 0.6 is 0 Å². The van der Waals surface area contributed by atoms with Gasteiger partial charge in [-0.05, 0) is 43.1 Å². The number of methoxy groups -OCH3 is 1. The van der Waals surface area contributed by atoms with Crippen molar-refractivity contribution in [1.82, 2.24) is 14.8 Å². The van der Waals surface area contributed by atoms with Crippen LogP contribution in [0.25, 0.3) is 10.9 Å². The number of hydrogen-bond donors (Lipinski definition) is 3. The molecule has 1 unspecified atom stereocenters. The molecular formula is C27H36F3N7O. The van der Waals surface area contributed by atoms with Crippen LogP contribution in [0.1, 0.15) is 48.6 Å². The van der Waals surface area contributed by atoms with E-state index in [1.54, 1.807) is 19.2 Å². The molecule has 11 heteroatoms. The highest BCUT2D eigenvalue weighted by Crippen LogP contribution is 2.35. The zero-order valence-corrected chi connectivity index (χ0v) is 22.3. The standard InChI is InChI=1S/C25H30F3N7O.C2H6/c1-16-12-22(36-2)20(19-8-9-31-23(16)19)13-35-11-3-10-34(15-25(26,27)28)14-21(35)17-4-6-18(7-5-17)24(29)32-33-30;1-2/h4-9,12,21,31H,3,10-11,13-15H2,1-2H3,(H3,29,30,32);1-2H3.